The van der Waals surface area contributed by atoms with E-state index in [0.717, 1.165) is 33.0 Å². The molecule has 0 saturated heterocycles. The number of hydrogen-bond acceptors (Lipinski definition) is 4. The van der Waals surface area contributed by atoms with Crippen LogP contribution in [-0.2, 0) is 24.1 Å². The molecule has 36 heavy (non-hydrogen) atoms. The van der Waals surface area contributed by atoms with Crippen molar-refractivity contribution in [2.24, 2.45) is 0 Å². The highest BCUT2D eigenvalue weighted by molar-refractivity contribution is 5.91. The molecule has 0 radical (unpaired) electrons. The van der Waals surface area contributed by atoms with Crippen LogP contribution in [-0.4, -0.2) is 27.8 Å². The third-order valence-corrected chi connectivity index (χ3v) is 5.91. The molecular formula is C26H25F4N5O. The summed E-state index contributed by atoms with van der Waals surface area (Å²) in [7, 11) is 1.57. The zero-order chi connectivity index (χ0) is 26.0. The molecule has 6 nitrogen and oxygen atoms in total. The van der Waals surface area contributed by atoms with Crippen molar-refractivity contribution in [2.75, 3.05) is 12.1 Å². The zero-order valence-electron chi connectivity index (χ0n) is 20.0. The molecular weight excluding hydrogens is 474 g/mol. The molecule has 1 N–H and O–H groups in total. The predicted octanol–water partition coefficient (Wildman–Crippen LogP) is 5.09. The van der Waals surface area contributed by atoms with Crippen molar-refractivity contribution in [3.63, 3.8) is 0 Å². The fourth-order valence-electron chi connectivity index (χ4n) is 4.02. The van der Waals surface area contributed by atoms with E-state index >= 15 is 0 Å². The number of carbonyl (C=O) groups excluding carboxylic acids is 1. The van der Waals surface area contributed by atoms with Gasteiger partial charge in [0.1, 0.15) is 5.82 Å². The molecule has 0 aliphatic heterocycles. The predicted molar refractivity (Wildman–Crippen MR) is 128 cm³/mol. The first-order valence-corrected chi connectivity index (χ1v) is 11.3. The van der Waals surface area contributed by atoms with E-state index < -0.39 is 23.6 Å². The summed E-state index contributed by atoms with van der Waals surface area (Å²) in [6, 6.07) is 15.9. The highest BCUT2D eigenvalue weighted by atomic mass is 19.4. The molecule has 1 unspecified atom stereocenters. The van der Waals surface area contributed by atoms with Gasteiger partial charge in [-0.1, -0.05) is 30.3 Å². The standard InChI is InChI=1S/C26H25F4N5O/c1-16-7-12-22-21(5-4-6-23(22)32-16)17(2)25(36)31-14-20-13-24(26(28,29)30)33-35(20)34(3)15-18-8-10-19(27)11-9-18/h4-13,17H,14-15H2,1-3H3,(H,31,36). The summed E-state index contributed by atoms with van der Waals surface area (Å²) in [5, 5.41) is 8.76. The molecule has 10 heteroatoms. The van der Waals surface area contributed by atoms with Crippen LogP contribution < -0.4 is 10.3 Å². The fraction of sp³-hybridized carbons (Fsp3) is 0.269. The smallest absolute Gasteiger partial charge is 0.350 e. The van der Waals surface area contributed by atoms with E-state index in [1.807, 2.05) is 37.3 Å². The van der Waals surface area contributed by atoms with Gasteiger partial charge in [0.2, 0.25) is 5.91 Å². The topological polar surface area (TPSA) is 63.1 Å². The van der Waals surface area contributed by atoms with Gasteiger partial charge < -0.3 is 5.32 Å². The second-order valence-corrected chi connectivity index (χ2v) is 8.66. The first-order valence-electron chi connectivity index (χ1n) is 11.3. The summed E-state index contributed by atoms with van der Waals surface area (Å²) in [4.78, 5) is 18.6. The van der Waals surface area contributed by atoms with Gasteiger partial charge >= 0.3 is 6.18 Å². The molecule has 4 rings (SSSR count). The SMILES string of the molecule is Cc1ccc2c(C(C)C(=O)NCc3cc(C(F)(F)F)nn3N(C)Cc3ccc(F)cc3)cccc2n1. The Labute approximate surface area is 205 Å². The lowest BCUT2D eigenvalue weighted by Crippen LogP contribution is -2.35. The van der Waals surface area contributed by atoms with Crippen LogP contribution in [0.5, 0.6) is 0 Å². The molecule has 0 aliphatic rings. The van der Waals surface area contributed by atoms with E-state index in [4.69, 9.17) is 0 Å². The molecule has 0 spiro atoms. The number of halogens is 4. The number of nitrogens with zero attached hydrogens (tertiary/aromatic N) is 4. The number of alkyl halides is 3. The minimum Gasteiger partial charge on any atom is -0.350 e. The summed E-state index contributed by atoms with van der Waals surface area (Å²) in [6.07, 6.45) is -4.65. The van der Waals surface area contributed by atoms with Crippen LogP contribution in [0.2, 0.25) is 0 Å². The van der Waals surface area contributed by atoms with Crippen LogP contribution in [0.3, 0.4) is 0 Å². The van der Waals surface area contributed by atoms with Crippen LogP contribution in [0.1, 0.15) is 41.1 Å². The van der Waals surface area contributed by atoms with Crippen molar-refractivity contribution >= 4 is 16.8 Å². The highest BCUT2D eigenvalue weighted by Gasteiger charge is 2.35. The number of nitrogens with one attached hydrogen (secondary N) is 1. The van der Waals surface area contributed by atoms with Gasteiger partial charge in [-0.2, -0.15) is 18.0 Å². The number of rotatable bonds is 7. The zero-order valence-corrected chi connectivity index (χ0v) is 20.0. The number of pyridine rings is 1. The molecule has 2 aromatic carbocycles. The van der Waals surface area contributed by atoms with Crippen LogP contribution in [0.4, 0.5) is 17.6 Å². The Morgan fingerprint density at radius 3 is 2.53 bits per heavy atom. The van der Waals surface area contributed by atoms with E-state index in [1.165, 1.54) is 17.1 Å². The van der Waals surface area contributed by atoms with E-state index in [1.54, 1.807) is 26.1 Å². The Morgan fingerprint density at radius 1 is 1.11 bits per heavy atom. The highest BCUT2D eigenvalue weighted by Crippen LogP contribution is 2.29. The van der Waals surface area contributed by atoms with Gasteiger partial charge in [-0.25, -0.2) is 4.39 Å². The monoisotopic (exact) mass is 499 g/mol. The molecule has 0 bridgehead atoms. The number of hydrogen-bond donors (Lipinski definition) is 1. The normalized spacial score (nSPS) is 12.5. The number of carbonyl (C=O) groups is 1. The summed E-state index contributed by atoms with van der Waals surface area (Å²) in [5.74, 6) is -1.31. The number of fused-ring (bicyclic) bond motifs is 1. The summed E-state index contributed by atoms with van der Waals surface area (Å²) < 4.78 is 53.4. The van der Waals surface area contributed by atoms with Gasteiger partial charge in [0, 0.05) is 18.1 Å². The molecule has 2 aromatic heterocycles. The second-order valence-electron chi connectivity index (χ2n) is 8.66. The summed E-state index contributed by atoms with van der Waals surface area (Å²) in [5.41, 5.74) is 2.17. The molecule has 1 amide bonds. The van der Waals surface area contributed by atoms with Gasteiger partial charge in [0.25, 0.3) is 0 Å². The molecule has 4 aromatic rings. The maximum atomic E-state index is 13.4. The van der Waals surface area contributed by atoms with Crippen molar-refractivity contribution in [3.05, 3.63) is 94.7 Å². The van der Waals surface area contributed by atoms with Gasteiger partial charge in [-0.05, 0) is 55.3 Å². The average molecular weight is 500 g/mol. The quantitative estimate of drug-likeness (QED) is 0.360. The van der Waals surface area contributed by atoms with Gasteiger partial charge in [-0.15, -0.1) is 5.10 Å². The van der Waals surface area contributed by atoms with Crippen LogP contribution in [0, 0.1) is 12.7 Å². The molecule has 2 heterocycles. The summed E-state index contributed by atoms with van der Waals surface area (Å²) in [6.45, 7) is 3.64. The van der Waals surface area contributed by atoms with Crippen LogP contribution in [0.15, 0.2) is 60.7 Å². The molecule has 188 valence electrons. The molecule has 0 saturated carbocycles. The average Bonchev–Trinajstić information content (AvgIpc) is 3.28. The third kappa shape index (κ3) is 5.48. The number of amides is 1. The summed E-state index contributed by atoms with van der Waals surface area (Å²) >= 11 is 0. The molecule has 1 atom stereocenters. The minimum absolute atomic E-state index is 0.155. The lowest BCUT2D eigenvalue weighted by molar-refractivity contribution is -0.141. The van der Waals surface area contributed by atoms with E-state index in [0.29, 0.717) is 5.56 Å². The van der Waals surface area contributed by atoms with E-state index in [2.05, 4.69) is 15.4 Å². The van der Waals surface area contributed by atoms with Crippen molar-refractivity contribution in [2.45, 2.75) is 39.0 Å². The van der Waals surface area contributed by atoms with E-state index in [9.17, 15) is 22.4 Å². The van der Waals surface area contributed by atoms with E-state index in [-0.39, 0.29) is 24.7 Å². The lowest BCUT2D eigenvalue weighted by atomic mass is 9.95. The van der Waals surface area contributed by atoms with Crippen molar-refractivity contribution < 1.29 is 22.4 Å². The van der Waals surface area contributed by atoms with Gasteiger partial charge in [0.15, 0.2) is 5.69 Å². The maximum absolute atomic E-state index is 13.4. The number of benzene rings is 2. The molecule has 0 fully saturated rings. The maximum Gasteiger partial charge on any atom is 0.435 e. The first-order chi connectivity index (χ1) is 17.0. The Morgan fingerprint density at radius 2 is 1.83 bits per heavy atom. The second kappa shape index (κ2) is 9.96. The Balaban J connectivity index is 1.54. The fourth-order valence-corrected chi connectivity index (χ4v) is 4.02. The van der Waals surface area contributed by atoms with Gasteiger partial charge in [-0.3, -0.25) is 14.8 Å². The van der Waals surface area contributed by atoms with Gasteiger partial charge in [0.05, 0.1) is 30.2 Å². The Hall–Kier alpha value is -3.95. The van der Waals surface area contributed by atoms with Crippen LogP contribution in [0.25, 0.3) is 10.9 Å². The lowest BCUT2D eigenvalue weighted by Gasteiger charge is -2.22. The Kier molecular flexibility index (Phi) is 6.96. The van der Waals surface area contributed by atoms with Crippen LogP contribution >= 0.6 is 0 Å². The Bertz CT molecular complexity index is 1380. The first kappa shape index (κ1) is 25.2. The number of aryl methyl sites for hydroxylation is 1. The third-order valence-electron chi connectivity index (χ3n) is 5.91. The molecule has 0 aliphatic carbocycles. The minimum atomic E-state index is -4.65. The largest absolute Gasteiger partial charge is 0.435 e. The van der Waals surface area contributed by atoms with Crippen molar-refractivity contribution in [1.82, 2.24) is 20.2 Å². The van der Waals surface area contributed by atoms with Crippen molar-refractivity contribution in [3.8, 4) is 0 Å². The number of aromatic nitrogens is 3. The van der Waals surface area contributed by atoms with Crippen molar-refractivity contribution in [1.29, 1.82) is 0 Å².